The molecule has 0 saturated carbocycles. The Morgan fingerprint density at radius 2 is 2.04 bits per heavy atom. The number of carbonyl (C=O) groups is 2. The summed E-state index contributed by atoms with van der Waals surface area (Å²) in [5.74, 6) is -0.130. The molecule has 0 unspecified atom stereocenters. The Kier molecular flexibility index (Phi) is 7.16. The van der Waals surface area contributed by atoms with E-state index in [1.165, 1.54) is 11.8 Å². The Morgan fingerprint density at radius 1 is 1.31 bits per heavy atom. The highest BCUT2D eigenvalue weighted by atomic mass is 32.2. The lowest BCUT2D eigenvalue weighted by Crippen LogP contribution is -2.31. The number of hydrogen-bond acceptors (Lipinski definition) is 5. The van der Waals surface area contributed by atoms with Crippen LogP contribution in [0, 0.1) is 0 Å². The molecule has 2 aromatic rings. The van der Waals surface area contributed by atoms with Crippen LogP contribution in [0.3, 0.4) is 0 Å². The standard InChI is InChI=1S/C18H21N5O2S/c1-4-9-23(10-5-2)17(25)14-7-6-8-15(11-14)20-16(24)12-26-18-21-19-13-22(18)3/h4-8,11,13H,1-2,9-10,12H2,3H3,(H,20,24). The van der Waals surface area contributed by atoms with Crippen LogP contribution in [-0.4, -0.2) is 50.3 Å². The molecule has 0 bridgehead atoms. The van der Waals surface area contributed by atoms with Crippen molar-refractivity contribution < 1.29 is 9.59 Å². The second kappa shape index (κ2) is 9.57. The molecule has 2 amide bonds. The molecule has 0 fully saturated rings. The predicted molar refractivity (Wildman–Crippen MR) is 103 cm³/mol. The maximum Gasteiger partial charge on any atom is 0.254 e. The first kappa shape index (κ1) is 19.5. The van der Waals surface area contributed by atoms with Crippen LogP contribution in [0.1, 0.15) is 10.4 Å². The zero-order valence-corrected chi connectivity index (χ0v) is 15.4. The molecule has 0 aliphatic rings. The van der Waals surface area contributed by atoms with Crippen LogP contribution in [0.2, 0.25) is 0 Å². The molecular weight excluding hydrogens is 350 g/mol. The molecule has 1 heterocycles. The van der Waals surface area contributed by atoms with Crippen molar-refractivity contribution in [1.82, 2.24) is 19.7 Å². The summed E-state index contributed by atoms with van der Waals surface area (Å²) in [6.07, 6.45) is 4.90. The highest BCUT2D eigenvalue weighted by Gasteiger charge is 2.14. The molecule has 1 aromatic heterocycles. The monoisotopic (exact) mass is 371 g/mol. The van der Waals surface area contributed by atoms with Crippen molar-refractivity contribution >= 4 is 29.3 Å². The van der Waals surface area contributed by atoms with Crippen LogP contribution >= 0.6 is 11.8 Å². The second-order valence-corrected chi connectivity index (χ2v) is 6.37. The molecule has 1 N–H and O–H groups in total. The summed E-state index contributed by atoms with van der Waals surface area (Å²) in [5, 5.41) is 11.1. The van der Waals surface area contributed by atoms with Gasteiger partial charge in [0.05, 0.1) is 5.75 Å². The Balaban J connectivity index is 2.00. The number of rotatable bonds is 9. The number of benzene rings is 1. The predicted octanol–water partition coefficient (Wildman–Crippen LogP) is 2.36. The minimum absolute atomic E-state index is 0.144. The largest absolute Gasteiger partial charge is 0.331 e. The maximum atomic E-state index is 12.6. The lowest BCUT2D eigenvalue weighted by Gasteiger charge is -2.19. The minimum atomic E-state index is -0.184. The van der Waals surface area contributed by atoms with Crippen LogP contribution in [-0.2, 0) is 11.8 Å². The normalized spacial score (nSPS) is 10.2. The summed E-state index contributed by atoms with van der Waals surface area (Å²) in [6.45, 7) is 8.18. The van der Waals surface area contributed by atoms with E-state index in [4.69, 9.17) is 0 Å². The molecule has 26 heavy (non-hydrogen) atoms. The number of carbonyl (C=O) groups excluding carboxylic acids is 2. The average molecular weight is 371 g/mol. The van der Waals surface area contributed by atoms with E-state index in [1.54, 1.807) is 52.2 Å². The van der Waals surface area contributed by atoms with E-state index in [0.717, 1.165) is 0 Å². The molecule has 1 aromatic carbocycles. The van der Waals surface area contributed by atoms with Gasteiger partial charge in [0.25, 0.3) is 5.91 Å². The zero-order valence-electron chi connectivity index (χ0n) is 14.6. The molecule has 7 nitrogen and oxygen atoms in total. The van der Waals surface area contributed by atoms with Gasteiger partial charge in [-0.2, -0.15) is 0 Å². The maximum absolute atomic E-state index is 12.6. The third kappa shape index (κ3) is 5.32. The topological polar surface area (TPSA) is 80.1 Å². The Morgan fingerprint density at radius 3 is 2.65 bits per heavy atom. The van der Waals surface area contributed by atoms with Gasteiger partial charge < -0.3 is 14.8 Å². The average Bonchev–Trinajstić information content (AvgIpc) is 3.04. The third-order valence-corrected chi connectivity index (χ3v) is 4.42. The molecule has 0 aliphatic carbocycles. The fourth-order valence-corrected chi connectivity index (χ4v) is 2.88. The molecule has 8 heteroatoms. The Bertz CT molecular complexity index is 792. The first-order valence-corrected chi connectivity index (χ1v) is 8.91. The molecule has 2 rings (SSSR count). The number of nitrogens with zero attached hydrogens (tertiary/aromatic N) is 4. The fraction of sp³-hybridized carbons (Fsp3) is 0.222. The first-order valence-electron chi connectivity index (χ1n) is 7.93. The quantitative estimate of drug-likeness (QED) is 0.541. The summed E-state index contributed by atoms with van der Waals surface area (Å²) >= 11 is 1.29. The van der Waals surface area contributed by atoms with Gasteiger partial charge in [-0.25, -0.2) is 0 Å². The first-order chi connectivity index (χ1) is 12.5. The third-order valence-electron chi connectivity index (χ3n) is 3.38. The molecule has 0 atom stereocenters. The second-order valence-electron chi connectivity index (χ2n) is 5.43. The Labute approximate surface area is 156 Å². The van der Waals surface area contributed by atoms with E-state index in [-0.39, 0.29) is 17.6 Å². The molecule has 0 aliphatic heterocycles. The SMILES string of the molecule is C=CCN(CC=C)C(=O)c1cccc(NC(=O)CSc2nncn2C)c1. The lowest BCUT2D eigenvalue weighted by atomic mass is 10.1. The number of thioether (sulfide) groups is 1. The Hall–Kier alpha value is -2.87. The summed E-state index contributed by atoms with van der Waals surface area (Å²) in [4.78, 5) is 26.3. The van der Waals surface area contributed by atoms with Gasteiger partial charge in [-0.05, 0) is 18.2 Å². The summed E-state index contributed by atoms with van der Waals surface area (Å²) < 4.78 is 1.74. The fourth-order valence-electron chi connectivity index (χ4n) is 2.20. The van der Waals surface area contributed by atoms with Gasteiger partial charge in [-0.3, -0.25) is 9.59 Å². The van der Waals surface area contributed by atoms with Crippen molar-refractivity contribution in [2.45, 2.75) is 5.16 Å². The van der Waals surface area contributed by atoms with Gasteiger partial charge in [0.15, 0.2) is 5.16 Å². The van der Waals surface area contributed by atoms with Crippen LogP contribution < -0.4 is 5.32 Å². The van der Waals surface area contributed by atoms with Crippen molar-refractivity contribution in [2.24, 2.45) is 7.05 Å². The van der Waals surface area contributed by atoms with Crippen LogP contribution in [0.4, 0.5) is 5.69 Å². The van der Waals surface area contributed by atoms with Gasteiger partial charge in [0.1, 0.15) is 6.33 Å². The van der Waals surface area contributed by atoms with Crippen molar-refractivity contribution in [3.63, 3.8) is 0 Å². The van der Waals surface area contributed by atoms with E-state index >= 15 is 0 Å². The summed E-state index contributed by atoms with van der Waals surface area (Å²) in [7, 11) is 1.81. The van der Waals surface area contributed by atoms with Crippen molar-refractivity contribution in [3.05, 3.63) is 61.5 Å². The molecule has 136 valence electrons. The molecule has 0 saturated heterocycles. The van der Waals surface area contributed by atoms with Crippen LogP contribution in [0.5, 0.6) is 0 Å². The van der Waals surface area contributed by atoms with Gasteiger partial charge in [0.2, 0.25) is 5.91 Å². The number of aryl methyl sites for hydroxylation is 1. The number of anilines is 1. The number of nitrogens with one attached hydrogen (secondary N) is 1. The van der Waals surface area contributed by atoms with Crippen LogP contribution in [0.15, 0.2) is 61.1 Å². The van der Waals surface area contributed by atoms with Crippen LogP contribution in [0.25, 0.3) is 0 Å². The summed E-state index contributed by atoms with van der Waals surface area (Å²) in [6, 6.07) is 6.85. The van der Waals surface area contributed by atoms with Gasteiger partial charge >= 0.3 is 0 Å². The highest BCUT2D eigenvalue weighted by molar-refractivity contribution is 7.99. The zero-order chi connectivity index (χ0) is 18.9. The molecule has 0 radical (unpaired) electrons. The van der Waals surface area contributed by atoms with E-state index in [9.17, 15) is 9.59 Å². The van der Waals surface area contributed by atoms with Gasteiger partial charge in [-0.15, -0.1) is 23.4 Å². The van der Waals surface area contributed by atoms with E-state index in [0.29, 0.717) is 29.5 Å². The summed E-state index contributed by atoms with van der Waals surface area (Å²) in [5.41, 5.74) is 1.06. The van der Waals surface area contributed by atoms with E-state index in [1.807, 2.05) is 7.05 Å². The smallest absolute Gasteiger partial charge is 0.254 e. The van der Waals surface area contributed by atoms with Crippen molar-refractivity contribution in [1.29, 1.82) is 0 Å². The van der Waals surface area contributed by atoms with Gasteiger partial charge in [-0.1, -0.05) is 30.0 Å². The number of amides is 2. The van der Waals surface area contributed by atoms with Gasteiger partial charge in [0, 0.05) is 31.4 Å². The van der Waals surface area contributed by atoms with Crippen molar-refractivity contribution in [3.8, 4) is 0 Å². The number of aromatic nitrogens is 3. The lowest BCUT2D eigenvalue weighted by molar-refractivity contribution is -0.113. The minimum Gasteiger partial charge on any atom is -0.331 e. The van der Waals surface area contributed by atoms with E-state index < -0.39 is 0 Å². The highest BCUT2D eigenvalue weighted by Crippen LogP contribution is 2.16. The molecule has 0 spiro atoms. The van der Waals surface area contributed by atoms with E-state index in [2.05, 4.69) is 28.7 Å². The molecular formula is C18H21N5O2S. The van der Waals surface area contributed by atoms with Crippen molar-refractivity contribution in [2.75, 3.05) is 24.2 Å². The number of hydrogen-bond donors (Lipinski definition) is 1.